The topological polar surface area (TPSA) is 15.3 Å². The van der Waals surface area contributed by atoms with Crippen molar-refractivity contribution in [1.29, 1.82) is 0 Å². The summed E-state index contributed by atoms with van der Waals surface area (Å²) in [5.41, 5.74) is -0.939. The highest BCUT2D eigenvalue weighted by molar-refractivity contribution is 5.31. The van der Waals surface area contributed by atoms with Gasteiger partial charge in [0.1, 0.15) is 5.82 Å². The zero-order valence-electron chi connectivity index (χ0n) is 12.3. The lowest BCUT2D eigenvalue weighted by Crippen LogP contribution is -2.48. The maximum absolute atomic E-state index is 14.5. The Balaban J connectivity index is 1.97. The van der Waals surface area contributed by atoms with Gasteiger partial charge in [-0.2, -0.15) is 13.2 Å². The van der Waals surface area contributed by atoms with Gasteiger partial charge < -0.3 is 5.32 Å². The van der Waals surface area contributed by atoms with E-state index in [1.165, 1.54) is 12.1 Å². The fourth-order valence-corrected chi connectivity index (χ4v) is 3.46. The number of halogens is 4. The van der Waals surface area contributed by atoms with E-state index in [4.69, 9.17) is 0 Å². The minimum absolute atomic E-state index is 0.210. The highest BCUT2D eigenvalue weighted by atomic mass is 19.4. The quantitative estimate of drug-likeness (QED) is 0.857. The monoisotopic (exact) mass is 316 g/mol. The summed E-state index contributed by atoms with van der Waals surface area (Å²) in [5.74, 6) is -0.832. The molecule has 0 aromatic heterocycles. The van der Waals surface area contributed by atoms with Crippen LogP contribution in [0.4, 0.5) is 17.6 Å². The third kappa shape index (κ3) is 2.99. The van der Waals surface area contributed by atoms with E-state index < -0.39 is 17.6 Å². The first-order chi connectivity index (χ1) is 10.5. The third-order valence-corrected chi connectivity index (χ3v) is 4.79. The molecule has 0 unspecified atom stereocenters. The summed E-state index contributed by atoms with van der Waals surface area (Å²) < 4.78 is 53.4. The zero-order chi connectivity index (χ0) is 15.7. The molecule has 1 aromatic rings. The largest absolute Gasteiger partial charge is 0.419 e. The third-order valence-electron chi connectivity index (χ3n) is 4.79. The second-order valence-corrected chi connectivity index (χ2v) is 6.13. The first-order valence-electron chi connectivity index (χ1n) is 7.79. The van der Waals surface area contributed by atoms with Gasteiger partial charge in [-0.3, -0.25) is 4.90 Å². The summed E-state index contributed by atoms with van der Waals surface area (Å²) in [6.45, 7) is 3.08. The van der Waals surface area contributed by atoms with Crippen LogP contribution in [0.15, 0.2) is 18.2 Å². The van der Waals surface area contributed by atoms with E-state index in [0.29, 0.717) is 0 Å². The molecular formula is C16H20F4N2. The van der Waals surface area contributed by atoms with Gasteiger partial charge in [0.2, 0.25) is 0 Å². The number of nitrogens with zero attached hydrogens (tertiary/aromatic N) is 1. The molecule has 1 aliphatic carbocycles. The minimum Gasteiger partial charge on any atom is -0.314 e. The standard InChI is InChI=1S/C16H20F4N2/c17-14-12(5-2-6-13(14)16(18,19)20)15(11-3-1-4-11)22-9-7-21-8-10-22/h2,5-6,11,15,21H,1,3-4,7-10H2/t15-/m0/s1. The molecule has 22 heavy (non-hydrogen) atoms. The van der Waals surface area contributed by atoms with Crippen LogP contribution in [0.3, 0.4) is 0 Å². The van der Waals surface area contributed by atoms with E-state index in [2.05, 4.69) is 10.2 Å². The molecule has 1 heterocycles. The molecule has 1 aliphatic heterocycles. The highest BCUT2D eigenvalue weighted by Gasteiger charge is 2.39. The Hall–Kier alpha value is -1.14. The van der Waals surface area contributed by atoms with Crippen LogP contribution in [-0.2, 0) is 6.18 Å². The second kappa shape index (κ2) is 6.16. The van der Waals surface area contributed by atoms with E-state index in [-0.39, 0.29) is 17.5 Å². The van der Waals surface area contributed by atoms with E-state index in [0.717, 1.165) is 51.5 Å². The normalized spacial score (nSPS) is 22.4. The predicted molar refractivity (Wildman–Crippen MR) is 75.9 cm³/mol. The van der Waals surface area contributed by atoms with Gasteiger partial charge in [0.25, 0.3) is 0 Å². The smallest absolute Gasteiger partial charge is 0.314 e. The Morgan fingerprint density at radius 2 is 1.82 bits per heavy atom. The van der Waals surface area contributed by atoms with Crippen molar-refractivity contribution in [2.24, 2.45) is 5.92 Å². The SMILES string of the molecule is Fc1c([C@H](C2CCC2)N2CCNCC2)cccc1C(F)(F)F. The number of hydrogen-bond donors (Lipinski definition) is 1. The van der Waals surface area contributed by atoms with Gasteiger partial charge in [0.05, 0.1) is 5.56 Å². The molecule has 0 radical (unpaired) electrons. The lowest BCUT2D eigenvalue weighted by atomic mass is 9.76. The van der Waals surface area contributed by atoms with Crippen molar-refractivity contribution in [2.75, 3.05) is 26.2 Å². The van der Waals surface area contributed by atoms with Crippen LogP contribution in [0, 0.1) is 11.7 Å². The average molecular weight is 316 g/mol. The van der Waals surface area contributed by atoms with Crippen LogP contribution in [0.5, 0.6) is 0 Å². The molecule has 122 valence electrons. The fraction of sp³-hybridized carbons (Fsp3) is 0.625. The summed E-state index contributed by atoms with van der Waals surface area (Å²) in [4.78, 5) is 2.14. The molecule has 0 amide bonds. The van der Waals surface area contributed by atoms with Gasteiger partial charge in [-0.05, 0) is 24.8 Å². The van der Waals surface area contributed by atoms with Crippen LogP contribution in [-0.4, -0.2) is 31.1 Å². The number of rotatable bonds is 3. The van der Waals surface area contributed by atoms with Gasteiger partial charge in [-0.25, -0.2) is 4.39 Å². The van der Waals surface area contributed by atoms with Crippen LogP contribution in [0.2, 0.25) is 0 Å². The van der Waals surface area contributed by atoms with Gasteiger partial charge in [-0.1, -0.05) is 18.6 Å². The second-order valence-electron chi connectivity index (χ2n) is 6.13. The molecule has 2 fully saturated rings. The lowest BCUT2D eigenvalue weighted by molar-refractivity contribution is -0.140. The number of alkyl halides is 3. The van der Waals surface area contributed by atoms with Crippen LogP contribution in [0.1, 0.15) is 36.4 Å². The Bertz CT molecular complexity index is 519. The van der Waals surface area contributed by atoms with Gasteiger partial charge >= 0.3 is 6.18 Å². The molecule has 1 saturated heterocycles. The number of piperazine rings is 1. The van der Waals surface area contributed by atoms with Crippen LogP contribution < -0.4 is 5.32 Å². The highest BCUT2D eigenvalue weighted by Crippen LogP contribution is 2.44. The molecule has 1 N–H and O–H groups in total. The molecule has 1 aromatic carbocycles. The van der Waals surface area contributed by atoms with E-state index in [9.17, 15) is 17.6 Å². The molecule has 3 rings (SSSR count). The van der Waals surface area contributed by atoms with Crippen molar-refractivity contribution < 1.29 is 17.6 Å². The van der Waals surface area contributed by atoms with Crippen LogP contribution >= 0.6 is 0 Å². The van der Waals surface area contributed by atoms with E-state index in [1.807, 2.05) is 0 Å². The number of hydrogen-bond acceptors (Lipinski definition) is 2. The molecule has 6 heteroatoms. The van der Waals surface area contributed by atoms with Gasteiger partial charge in [0, 0.05) is 37.8 Å². The Morgan fingerprint density at radius 3 is 2.36 bits per heavy atom. The van der Waals surface area contributed by atoms with Crippen molar-refractivity contribution in [3.8, 4) is 0 Å². The Kier molecular flexibility index (Phi) is 4.41. The summed E-state index contributed by atoms with van der Waals surface area (Å²) in [7, 11) is 0. The summed E-state index contributed by atoms with van der Waals surface area (Å²) in [6, 6.07) is 3.44. The Labute approximate surface area is 127 Å². The van der Waals surface area contributed by atoms with Crippen molar-refractivity contribution in [3.63, 3.8) is 0 Å². The predicted octanol–water partition coefficient (Wildman–Crippen LogP) is 3.59. The number of benzene rings is 1. The molecule has 2 aliphatic rings. The summed E-state index contributed by atoms with van der Waals surface area (Å²) in [6.07, 6.45) is -1.64. The van der Waals surface area contributed by atoms with Gasteiger partial charge in [0.15, 0.2) is 0 Å². The lowest BCUT2D eigenvalue weighted by Gasteiger charge is -2.43. The zero-order valence-corrected chi connectivity index (χ0v) is 12.3. The number of nitrogens with one attached hydrogen (secondary N) is 1. The molecule has 2 nitrogen and oxygen atoms in total. The Morgan fingerprint density at radius 1 is 1.14 bits per heavy atom. The van der Waals surface area contributed by atoms with Gasteiger partial charge in [-0.15, -0.1) is 0 Å². The van der Waals surface area contributed by atoms with Crippen molar-refractivity contribution in [1.82, 2.24) is 10.2 Å². The van der Waals surface area contributed by atoms with Crippen molar-refractivity contribution >= 4 is 0 Å². The van der Waals surface area contributed by atoms with Crippen LogP contribution in [0.25, 0.3) is 0 Å². The molecule has 0 spiro atoms. The first-order valence-corrected chi connectivity index (χ1v) is 7.79. The van der Waals surface area contributed by atoms with Crippen molar-refractivity contribution in [2.45, 2.75) is 31.5 Å². The summed E-state index contributed by atoms with van der Waals surface area (Å²) in [5, 5.41) is 3.23. The molecule has 0 bridgehead atoms. The maximum Gasteiger partial charge on any atom is 0.419 e. The molecule has 1 atom stereocenters. The van der Waals surface area contributed by atoms with E-state index in [1.54, 1.807) is 0 Å². The minimum atomic E-state index is -4.65. The molecule has 1 saturated carbocycles. The van der Waals surface area contributed by atoms with E-state index >= 15 is 0 Å². The van der Waals surface area contributed by atoms with Crippen molar-refractivity contribution in [3.05, 3.63) is 35.1 Å². The first kappa shape index (κ1) is 15.7. The summed E-state index contributed by atoms with van der Waals surface area (Å²) >= 11 is 0. The molecular weight excluding hydrogens is 296 g/mol. The fourth-order valence-electron chi connectivity index (χ4n) is 3.46. The average Bonchev–Trinajstić information content (AvgIpc) is 2.43. The maximum atomic E-state index is 14.5.